The molecule has 0 saturated heterocycles. The van der Waals surface area contributed by atoms with Gasteiger partial charge in [-0.1, -0.05) is 48.5 Å². The molecule has 5 nitrogen and oxygen atoms in total. The molecule has 0 radical (unpaired) electrons. The van der Waals surface area contributed by atoms with Gasteiger partial charge in [-0.3, -0.25) is 14.4 Å². The van der Waals surface area contributed by atoms with Crippen LogP contribution < -0.4 is 0 Å². The predicted octanol–water partition coefficient (Wildman–Crippen LogP) is 5.68. The van der Waals surface area contributed by atoms with E-state index in [9.17, 15) is 19.5 Å². The van der Waals surface area contributed by atoms with Gasteiger partial charge in [0.1, 0.15) is 0 Å². The number of rotatable bonds is 2. The molecule has 5 aliphatic rings. The van der Waals surface area contributed by atoms with Crippen molar-refractivity contribution in [3.63, 3.8) is 0 Å². The van der Waals surface area contributed by atoms with Crippen molar-refractivity contribution in [3.8, 4) is 0 Å². The van der Waals surface area contributed by atoms with Crippen molar-refractivity contribution >= 4 is 17.5 Å². The van der Waals surface area contributed by atoms with Crippen molar-refractivity contribution in [3.05, 3.63) is 11.1 Å². The highest BCUT2D eigenvalue weighted by Crippen LogP contribution is 2.76. The van der Waals surface area contributed by atoms with E-state index in [2.05, 4.69) is 34.6 Å². The Labute approximate surface area is 216 Å². The number of esters is 1. The van der Waals surface area contributed by atoms with Crippen molar-refractivity contribution in [1.29, 1.82) is 0 Å². The Balaban J connectivity index is 1.65. The molecular weight excluding hydrogens is 452 g/mol. The highest BCUT2D eigenvalue weighted by Gasteiger charge is 2.72. The van der Waals surface area contributed by atoms with Crippen LogP contribution in [0.4, 0.5) is 0 Å². The number of carbonyl (C=O) groups excluding carboxylic acids is 3. The first-order chi connectivity index (χ1) is 16.6. The minimum absolute atomic E-state index is 0.0294. The normalized spacial score (nSPS) is 47.7. The number of hydrogen-bond donors (Lipinski definition) is 1. The summed E-state index contributed by atoms with van der Waals surface area (Å²) >= 11 is 0. The van der Waals surface area contributed by atoms with Crippen molar-refractivity contribution in [1.82, 2.24) is 0 Å². The quantitative estimate of drug-likeness (QED) is 0.301. The van der Waals surface area contributed by atoms with Gasteiger partial charge in [-0.2, -0.15) is 0 Å². The molecule has 5 rings (SSSR count). The third-order valence-electron chi connectivity index (χ3n) is 12.9. The number of aliphatic hydroxyl groups is 1. The highest BCUT2D eigenvalue weighted by molar-refractivity contribution is 6.52. The molecule has 0 heterocycles. The summed E-state index contributed by atoms with van der Waals surface area (Å²) in [6, 6.07) is 0. The van der Waals surface area contributed by atoms with Crippen LogP contribution in [0.1, 0.15) is 99.8 Å². The second-order valence-corrected chi connectivity index (χ2v) is 14.5. The monoisotopic (exact) mass is 498 g/mol. The van der Waals surface area contributed by atoms with Gasteiger partial charge in [0.15, 0.2) is 5.41 Å². The van der Waals surface area contributed by atoms with E-state index < -0.39 is 23.0 Å². The lowest BCUT2D eigenvalue weighted by Crippen LogP contribution is -2.66. The summed E-state index contributed by atoms with van der Waals surface area (Å²) < 4.78 is 5.24. The first-order valence-electron chi connectivity index (χ1n) is 14.2. The summed E-state index contributed by atoms with van der Waals surface area (Å²) in [7, 11) is 1.34. The molecule has 4 saturated carbocycles. The van der Waals surface area contributed by atoms with Gasteiger partial charge in [-0.05, 0) is 102 Å². The van der Waals surface area contributed by atoms with E-state index in [0.717, 1.165) is 50.5 Å². The van der Waals surface area contributed by atoms with Gasteiger partial charge >= 0.3 is 5.97 Å². The van der Waals surface area contributed by atoms with Gasteiger partial charge in [0.05, 0.1) is 13.2 Å². The lowest BCUT2D eigenvalue weighted by atomic mass is 9.33. The van der Waals surface area contributed by atoms with E-state index in [4.69, 9.17) is 4.74 Å². The molecule has 4 fully saturated rings. The van der Waals surface area contributed by atoms with Gasteiger partial charge < -0.3 is 9.84 Å². The van der Waals surface area contributed by atoms with Crippen LogP contribution in [0.5, 0.6) is 0 Å². The molecule has 5 aliphatic carbocycles. The SMILES string of the molecule is COC(=O)[C@@]12CCC3(C)C(CCC4C5(C)CCC(O)C(C)(C)C5CCC43C)C1=C(C(C)C)C(=O)C2=O. The van der Waals surface area contributed by atoms with Gasteiger partial charge in [0.25, 0.3) is 0 Å². The zero-order chi connectivity index (χ0) is 26.6. The summed E-state index contributed by atoms with van der Waals surface area (Å²) in [6.45, 7) is 15.8. The largest absolute Gasteiger partial charge is 0.468 e. The van der Waals surface area contributed by atoms with Crippen LogP contribution in [0.2, 0.25) is 0 Å². The molecule has 36 heavy (non-hydrogen) atoms. The molecule has 8 atom stereocenters. The molecule has 0 aliphatic heterocycles. The number of allylic oxidation sites excluding steroid dienone is 1. The summed E-state index contributed by atoms with van der Waals surface area (Å²) in [5.74, 6) is -0.643. The average Bonchev–Trinajstić information content (AvgIpc) is 3.04. The van der Waals surface area contributed by atoms with Gasteiger partial charge in [-0.25, -0.2) is 0 Å². The second-order valence-electron chi connectivity index (χ2n) is 14.5. The van der Waals surface area contributed by atoms with Crippen LogP contribution >= 0.6 is 0 Å². The van der Waals surface area contributed by atoms with Crippen LogP contribution in [0.3, 0.4) is 0 Å². The summed E-state index contributed by atoms with van der Waals surface area (Å²) in [5, 5.41) is 10.9. The lowest BCUT2D eigenvalue weighted by Gasteiger charge is -2.71. The first kappa shape index (κ1) is 26.1. The summed E-state index contributed by atoms with van der Waals surface area (Å²) in [5.41, 5.74) is -0.0394. The maximum absolute atomic E-state index is 13.5. The Hall–Kier alpha value is -1.49. The number of ketones is 2. The fourth-order valence-corrected chi connectivity index (χ4v) is 10.9. The summed E-state index contributed by atoms with van der Waals surface area (Å²) in [6.07, 6.45) is 6.87. The molecule has 200 valence electrons. The first-order valence-corrected chi connectivity index (χ1v) is 14.2. The molecule has 1 N–H and O–H groups in total. The maximum Gasteiger partial charge on any atom is 0.324 e. The van der Waals surface area contributed by atoms with E-state index in [1.54, 1.807) is 0 Å². The molecule has 0 amide bonds. The fraction of sp³-hybridized carbons (Fsp3) is 0.839. The van der Waals surface area contributed by atoms with Gasteiger partial charge in [0, 0.05) is 5.57 Å². The van der Waals surface area contributed by atoms with E-state index in [1.807, 2.05) is 13.8 Å². The van der Waals surface area contributed by atoms with E-state index in [1.165, 1.54) is 7.11 Å². The Morgan fingerprint density at radius 2 is 1.56 bits per heavy atom. The molecule has 7 unspecified atom stereocenters. The Bertz CT molecular complexity index is 1050. The zero-order valence-corrected chi connectivity index (χ0v) is 23.6. The number of hydrogen-bond acceptors (Lipinski definition) is 5. The number of ether oxygens (including phenoxy) is 1. The Morgan fingerprint density at radius 1 is 0.889 bits per heavy atom. The zero-order valence-electron chi connectivity index (χ0n) is 23.6. The minimum atomic E-state index is -1.42. The number of aliphatic hydroxyl groups excluding tert-OH is 1. The third kappa shape index (κ3) is 2.79. The maximum atomic E-state index is 13.5. The van der Waals surface area contributed by atoms with Crippen LogP contribution in [0, 0.1) is 50.7 Å². The predicted molar refractivity (Wildman–Crippen MR) is 138 cm³/mol. The number of fused-ring (bicyclic) bond motifs is 7. The Kier molecular flexibility index (Phi) is 5.64. The smallest absolute Gasteiger partial charge is 0.324 e. The Morgan fingerprint density at radius 3 is 2.17 bits per heavy atom. The van der Waals surface area contributed by atoms with E-state index in [0.29, 0.717) is 23.8 Å². The van der Waals surface area contributed by atoms with Crippen LogP contribution in [-0.2, 0) is 19.1 Å². The van der Waals surface area contributed by atoms with Crippen molar-refractivity contribution in [2.45, 2.75) is 106 Å². The molecule has 0 bridgehead atoms. The van der Waals surface area contributed by atoms with E-state index in [-0.39, 0.29) is 39.6 Å². The van der Waals surface area contributed by atoms with Crippen molar-refractivity contribution in [2.75, 3.05) is 7.11 Å². The molecule has 5 heteroatoms. The van der Waals surface area contributed by atoms with Gasteiger partial charge in [-0.15, -0.1) is 0 Å². The molecular formula is C31H46O5. The standard InChI is InChI=1S/C31H46O5/c1-17(2)22-23-18-9-10-20-28(5)13-12-21(32)27(3,4)19(28)11-14-30(20,7)29(18,6)15-16-31(23,26(35)36-8)25(34)24(22)33/h17-21,32H,9-16H2,1-8H3/t18?,19?,20?,21?,28?,29?,30?,31-/m0/s1. The molecule has 0 aromatic rings. The van der Waals surface area contributed by atoms with Crippen LogP contribution in [0.15, 0.2) is 11.1 Å². The highest BCUT2D eigenvalue weighted by atomic mass is 16.5. The second kappa shape index (κ2) is 7.77. The number of carbonyl (C=O) groups is 3. The molecule has 0 aromatic heterocycles. The fourth-order valence-electron chi connectivity index (χ4n) is 10.9. The van der Waals surface area contributed by atoms with E-state index >= 15 is 0 Å². The minimum Gasteiger partial charge on any atom is -0.468 e. The van der Waals surface area contributed by atoms with Crippen molar-refractivity contribution in [2.24, 2.45) is 50.7 Å². The van der Waals surface area contributed by atoms with Gasteiger partial charge in [0.2, 0.25) is 11.6 Å². The lowest BCUT2D eigenvalue weighted by molar-refractivity contribution is -0.228. The third-order valence-corrected chi connectivity index (χ3v) is 12.9. The van der Waals surface area contributed by atoms with Crippen LogP contribution in [0.25, 0.3) is 0 Å². The number of methoxy groups -OCH3 is 1. The average molecular weight is 499 g/mol. The number of Topliss-reactive ketones (excluding diaryl/α,β-unsaturated/α-hetero) is 2. The molecule has 0 spiro atoms. The topological polar surface area (TPSA) is 80.7 Å². The molecule has 0 aromatic carbocycles. The van der Waals surface area contributed by atoms with Crippen LogP contribution in [-0.4, -0.2) is 35.9 Å². The van der Waals surface area contributed by atoms with Crippen molar-refractivity contribution < 1.29 is 24.2 Å². The summed E-state index contributed by atoms with van der Waals surface area (Å²) in [4.78, 5) is 40.2.